The van der Waals surface area contributed by atoms with Gasteiger partial charge < -0.3 is 4.57 Å². The highest BCUT2D eigenvalue weighted by molar-refractivity contribution is 5.74. The van der Waals surface area contributed by atoms with Crippen LogP contribution in [0.4, 0.5) is 0 Å². The van der Waals surface area contributed by atoms with Gasteiger partial charge >= 0.3 is 0 Å². The lowest BCUT2D eigenvalue weighted by Crippen LogP contribution is -1.93. The van der Waals surface area contributed by atoms with E-state index in [2.05, 4.69) is 11.1 Å². The minimum Gasteiger partial charge on any atom is -0.350 e. The van der Waals surface area contributed by atoms with Crippen molar-refractivity contribution in [3.63, 3.8) is 0 Å². The summed E-state index contributed by atoms with van der Waals surface area (Å²) < 4.78 is 2.04. The van der Waals surface area contributed by atoms with Gasteiger partial charge in [-0.05, 0) is 19.9 Å². The lowest BCUT2D eigenvalue weighted by Gasteiger charge is -2.01. The van der Waals surface area contributed by atoms with Crippen LogP contribution >= 0.6 is 0 Å². The van der Waals surface area contributed by atoms with Gasteiger partial charge in [-0.1, -0.05) is 6.07 Å². The van der Waals surface area contributed by atoms with E-state index in [1.165, 1.54) is 0 Å². The normalized spacial score (nSPS) is 10.1. The van der Waals surface area contributed by atoms with Gasteiger partial charge in [0.2, 0.25) is 0 Å². The second-order valence-corrected chi connectivity index (χ2v) is 3.83. The number of hydrogen-bond acceptors (Lipinski definition) is 2. The summed E-state index contributed by atoms with van der Waals surface area (Å²) >= 11 is 0. The lowest BCUT2D eigenvalue weighted by atomic mass is 10.0. The molecule has 0 N–H and O–H groups in total. The quantitative estimate of drug-likeness (QED) is 0.727. The van der Waals surface area contributed by atoms with Crippen LogP contribution in [0.3, 0.4) is 0 Å². The van der Waals surface area contributed by atoms with Crippen molar-refractivity contribution in [2.75, 3.05) is 0 Å². The van der Waals surface area contributed by atoms with Crippen molar-refractivity contribution >= 4 is 0 Å². The third kappa shape index (κ3) is 1.40. The van der Waals surface area contributed by atoms with Crippen LogP contribution in [0.1, 0.15) is 17.0 Å². The summed E-state index contributed by atoms with van der Waals surface area (Å²) in [6, 6.07) is 6.14. The zero-order valence-electron chi connectivity index (χ0n) is 9.65. The number of nitrogens with zero attached hydrogens (tertiary/aromatic N) is 3. The maximum Gasteiger partial charge on any atom is 0.102 e. The fourth-order valence-corrected chi connectivity index (χ4v) is 1.95. The van der Waals surface area contributed by atoms with Crippen LogP contribution in [0.2, 0.25) is 0 Å². The fourth-order valence-electron chi connectivity index (χ4n) is 1.95. The van der Waals surface area contributed by atoms with Crippen LogP contribution in [-0.2, 0) is 7.05 Å². The van der Waals surface area contributed by atoms with E-state index >= 15 is 0 Å². The molecule has 0 fully saturated rings. The summed E-state index contributed by atoms with van der Waals surface area (Å²) in [7, 11) is 1.98. The first-order valence-electron chi connectivity index (χ1n) is 5.13. The van der Waals surface area contributed by atoms with Gasteiger partial charge in [0.25, 0.3) is 0 Å². The van der Waals surface area contributed by atoms with Gasteiger partial charge in [0, 0.05) is 42.0 Å². The molecule has 0 bridgehead atoms. The monoisotopic (exact) mass is 211 g/mol. The van der Waals surface area contributed by atoms with E-state index in [1.54, 1.807) is 12.4 Å². The number of rotatable bonds is 1. The van der Waals surface area contributed by atoms with E-state index in [4.69, 9.17) is 0 Å². The summed E-state index contributed by atoms with van der Waals surface area (Å²) in [5.41, 5.74) is 4.84. The zero-order valence-corrected chi connectivity index (χ0v) is 9.65. The molecule has 2 aromatic rings. The maximum atomic E-state index is 9.21. The van der Waals surface area contributed by atoms with Crippen molar-refractivity contribution in [1.29, 1.82) is 5.26 Å². The van der Waals surface area contributed by atoms with E-state index in [9.17, 15) is 5.26 Å². The van der Waals surface area contributed by atoms with Gasteiger partial charge in [0.15, 0.2) is 0 Å². The van der Waals surface area contributed by atoms with Gasteiger partial charge in [0.05, 0.1) is 5.56 Å². The Labute approximate surface area is 95.0 Å². The molecule has 0 aliphatic heterocycles. The molecule has 0 saturated heterocycles. The van der Waals surface area contributed by atoms with Gasteiger partial charge in [0.1, 0.15) is 6.07 Å². The van der Waals surface area contributed by atoms with Crippen molar-refractivity contribution in [3.05, 3.63) is 41.5 Å². The van der Waals surface area contributed by atoms with Crippen LogP contribution in [-0.4, -0.2) is 9.55 Å². The van der Waals surface area contributed by atoms with Crippen LogP contribution in [0.15, 0.2) is 24.5 Å². The summed E-state index contributed by atoms with van der Waals surface area (Å²) in [6.07, 6.45) is 3.53. The van der Waals surface area contributed by atoms with E-state index in [0.717, 1.165) is 28.1 Å². The van der Waals surface area contributed by atoms with E-state index in [0.29, 0.717) is 0 Å². The average molecular weight is 211 g/mol. The predicted molar refractivity (Wildman–Crippen MR) is 62.8 cm³/mol. The topological polar surface area (TPSA) is 41.6 Å². The van der Waals surface area contributed by atoms with E-state index in [1.807, 2.05) is 37.6 Å². The zero-order chi connectivity index (χ0) is 11.7. The smallest absolute Gasteiger partial charge is 0.102 e. The minimum atomic E-state index is 0.744. The first-order valence-corrected chi connectivity index (χ1v) is 5.13. The van der Waals surface area contributed by atoms with E-state index < -0.39 is 0 Å². The third-order valence-electron chi connectivity index (χ3n) is 3.04. The molecule has 0 radical (unpaired) electrons. The first kappa shape index (κ1) is 10.4. The number of pyridine rings is 1. The summed E-state index contributed by atoms with van der Waals surface area (Å²) in [6.45, 7) is 3.99. The predicted octanol–water partition coefficient (Wildman–Crippen LogP) is 2.58. The molecule has 2 heterocycles. The van der Waals surface area contributed by atoms with Crippen LogP contribution in [0, 0.1) is 25.2 Å². The van der Waals surface area contributed by atoms with Gasteiger partial charge in [-0.2, -0.15) is 5.26 Å². The van der Waals surface area contributed by atoms with E-state index in [-0.39, 0.29) is 0 Å². The third-order valence-corrected chi connectivity index (χ3v) is 3.04. The number of aromatic nitrogens is 2. The molecule has 3 nitrogen and oxygen atoms in total. The number of hydrogen-bond donors (Lipinski definition) is 0. The fraction of sp³-hybridized carbons (Fsp3) is 0.231. The van der Waals surface area contributed by atoms with Gasteiger partial charge in [-0.25, -0.2) is 0 Å². The molecule has 0 aromatic carbocycles. The SMILES string of the molecule is Cc1c(C#N)c(-c2cccnc2)c(C)n1C. The molecule has 0 unspecified atom stereocenters. The molecule has 3 heteroatoms. The van der Waals surface area contributed by atoms with Gasteiger partial charge in [-0.3, -0.25) is 4.98 Å². The second kappa shape index (κ2) is 3.82. The Morgan fingerprint density at radius 2 is 2.06 bits per heavy atom. The van der Waals surface area contributed by atoms with Crippen molar-refractivity contribution in [1.82, 2.24) is 9.55 Å². The van der Waals surface area contributed by atoms with Crippen molar-refractivity contribution in [2.45, 2.75) is 13.8 Å². The van der Waals surface area contributed by atoms with Crippen molar-refractivity contribution in [3.8, 4) is 17.2 Å². The Morgan fingerprint density at radius 3 is 2.62 bits per heavy atom. The molecule has 2 aromatic heterocycles. The Morgan fingerprint density at radius 1 is 1.31 bits per heavy atom. The Hall–Kier alpha value is -2.08. The molecule has 0 saturated carbocycles. The van der Waals surface area contributed by atoms with Crippen LogP contribution < -0.4 is 0 Å². The largest absolute Gasteiger partial charge is 0.350 e. The highest BCUT2D eigenvalue weighted by Gasteiger charge is 2.16. The molecule has 16 heavy (non-hydrogen) atoms. The minimum absolute atomic E-state index is 0.744. The summed E-state index contributed by atoms with van der Waals surface area (Å²) in [4.78, 5) is 4.10. The first-order chi connectivity index (χ1) is 7.66. The summed E-state index contributed by atoms with van der Waals surface area (Å²) in [5.74, 6) is 0. The van der Waals surface area contributed by atoms with Crippen LogP contribution in [0.25, 0.3) is 11.1 Å². The van der Waals surface area contributed by atoms with Gasteiger partial charge in [-0.15, -0.1) is 0 Å². The molecule has 2 rings (SSSR count). The van der Waals surface area contributed by atoms with Crippen molar-refractivity contribution < 1.29 is 0 Å². The second-order valence-electron chi connectivity index (χ2n) is 3.83. The molecular formula is C13H13N3. The van der Waals surface area contributed by atoms with Crippen molar-refractivity contribution in [2.24, 2.45) is 7.05 Å². The summed E-state index contributed by atoms with van der Waals surface area (Å²) in [5, 5.41) is 9.21. The molecule has 0 atom stereocenters. The molecule has 0 spiro atoms. The van der Waals surface area contributed by atoms with Crippen LogP contribution in [0.5, 0.6) is 0 Å². The molecule has 0 aliphatic carbocycles. The molecule has 80 valence electrons. The Kier molecular flexibility index (Phi) is 2.49. The standard InChI is InChI=1S/C13H13N3/c1-9-12(7-14)13(10(2)16(9)3)11-5-4-6-15-8-11/h4-6,8H,1-3H3. The lowest BCUT2D eigenvalue weighted by molar-refractivity contribution is 0.843. The molecular weight excluding hydrogens is 198 g/mol. The highest BCUT2D eigenvalue weighted by atomic mass is 15.0. The number of nitriles is 1. The maximum absolute atomic E-state index is 9.21. The molecule has 0 aliphatic rings. The highest BCUT2D eigenvalue weighted by Crippen LogP contribution is 2.30. The Bertz CT molecular complexity index is 559. The Balaban J connectivity index is 2.76. The average Bonchev–Trinajstić information content (AvgIpc) is 2.54. The molecule has 0 amide bonds.